The number of nitrogens with one attached hydrogen (secondary N) is 1. The molecule has 0 unspecified atom stereocenters. The Kier molecular flexibility index (Phi) is 1.86. The van der Waals surface area contributed by atoms with Crippen LogP contribution in [-0.4, -0.2) is 43.4 Å². The van der Waals surface area contributed by atoms with Crippen LogP contribution in [0.4, 0.5) is 5.82 Å². The number of H-pyrrole nitrogens is 1. The van der Waals surface area contributed by atoms with Gasteiger partial charge in [-0.25, -0.2) is 19.3 Å². The lowest BCUT2D eigenvalue weighted by atomic mass is 9.97. The number of rotatable bonds is 1. The van der Waals surface area contributed by atoms with Gasteiger partial charge in [0.25, 0.3) is 0 Å². The SMILES string of the molecule is Cc1nc(N2CC(C)(O)C2)cc2n[nH]c(=O)n12. The zero-order chi connectivity index (χ0) is 12.2. The number of hydrogen-bond acceptors (Lipinski definition) is 5. The highest BCUT2D eigenvalue weighted by Gasteiger charge is 2.37. The summed E-state index contributed by atoms with van der Waals surface area (Å²) >= 11 is 0. The summed E-state index contributed by atoms with van der Waals surface area (Å²) in [5, 5.41) is 16.0. The summed E-state index contributed by atoms with van der Waals surface area (Å²) in [6.45, 7) is 4.63. The summed E-state index contributed by atoms with van der Waals surface area (Å²) in [4.78, 5) is 17.7. The molecule has 3 heterocycles. The van der Waals surface area contributed by atoms with Gasteiger partial charge < -0.3 is 10.0 Å². The van der Waals surface area contributed by atoms with Gasteiger partial charge in [-0.1, -0.05) is 0 Å². The summed E-state index contributed by atoms with van der Waals surface area (Å²) in [6, 6.07) is 1.74. The highest BCUT2D eigenvalue weighted by molar-refractivity contribution is 5.53. The first-order valence-corrected chi connectivity index (χ1v) is 5.38. The number of nitrogens with zero attached hydrogens (tertiary/aromatic N) is 4. The Labute approximate surface area is 96.7 Å². The molecule has 0 radical (unpaired) electrons. The fourth-order valence-electron chi connectivity index (χ4n) is 2.18. The average molecular weight is 235 g/mol. The first-order valence-electron chi connectivity index (χ1n) is 5.38. The highest BCUT2D eigenvalue weighted by Crippen LogP contribution is 2.26. The molecule has 7 heteroatoms. The van der Waals surface area contributed by atoms with Gasteiger partial charge in [-0.3, -0.25) is 0 Å². The first-order chi connectivity index (χ1) is 7.96. The first kappa shape index (κ1) is 10.3. The molecule has 3 rings (SSSR count). The largest absolute Gasteiger partial charge is 0.386 e. The van der Waals surface area contributed by atoms with Crippen molar-refractivity contribution in [3.63, 3.8) is 0 Å². The molecule has 1 aliphatic rings. The van der Waals surface area contributed by atoms with Crippen molar-refractivity contribution in [3.8, 4) is 0 Å². The number of aromatic nitrogens is 4. The zero-order valence-electron chi connectivity index (χ0n) is 9.64. The van der Waals surface area contributed by atoms with Crippen LogP contribution in [0.2, 0.25) is 0 Å². The molecule has 0 saturated carbocycles. The van der Waals surface area contributed by atoms with E-state index in [2.05, 4.69) is 15.2 Å². The Balaban J connectivity index is 2.05. The minimum Gasteiger partial charge on any atom is -0.386 e. The maximum absolute atomic E-state index is 11.4. The minimum atomic E-state index is -0.646. The Bertz CT molecular complexity index is 634. The van der Waals surface area contributed by atoms with Crippen molar-refractivity contribution in [2.24, 2.45) is 0 Å². The normalized spacial score (nSPS) is 18.4. The standard InChI is InChI=1S/C10H13N5O2/c1-6-11-7(14-4-10(2,17)5-14)3-8-12-13-9(16)15(6)8/h3,17H,4-5H2,1-2H3,(H,13,16). The molecule has 2 aromatic heterocycles. The molecule has 0 aliphatic carbocycles. The van der Waals surface area contributed by atoms with Crippen molar-refractivity contribution in [1.29, 1.82) is 0 Å². The highest BCUT2D eigenvalue weighted by atomic mass is 16.3. The monoisotopic (exact) mass is 235 g/mol. The molecule has 1 aliphatic heterocycles. The molecule has 1 saturated heterocycles. The van der Waals surface area contributed by atoms with E-state index in [1.54, 1.807) is 19.9 Å². The van der Waals surface area contributed by atoms with E-state index in [1.807, 2.05) is 4.90 Å². The van der Waals surface area contributed by atoms with Gasteiger partial charge in [-0.05, 0) is 13.8 Å². The molecule has 90 valence electrons. The van der Waals surface area contributed by atoms with Crippen LogP contribution in [0, 0.1) is 6.92 Å². The Morgan fingerprint density at radius 2 is 2.24 bits per heavy atom. The van der Waals surface area contributed by atoms with Crippen molar-refractivity contribution in [3.05, 3.63) is 22.4 Å². The number of hydrogen-bond donors (Lipinski definition) is 2. The number of aliphatic hydroxyl groups is 1. The van der Waals surface area contributed by atoms with Gasteiger partial charge in [0.15, 0.2) is 5.65 Å². The second-order valence-corrected chi connectivity index (χ2v) is 4.74. The summed E-state index contributed by atoms with van der Waals surface area (Å²) < 4.78 is 1.42. The second-order valence-electron chi connectivity index (χ2n) is 4.74. The Hall–Kier alpha value is -1.89. The van der Waals surface area contributed by atoms with Crippen molar-refractivity contribution in [2.75, 3.05) is 18.0 Å². The lowest BCUT2D eigenvalue weighted by molar-refractivity contribution is 0.0305. The molecular formula is C10H13N5O2. The fraction of sp³-hybridized carbons (Fsp3) is 0.500. The van der Waals surface area contributed by atoms with Crippen LogP contribution in [-0.2, 0) is 0 Å². The predicted molar refractivity (Wildman–Crippen MR) is 61.2 cm³/mol. The summed E-state index contributed by atoms with van der Waals surface area (Å²) in [6.07, 6.45) is 0. The maximum atomic E-state index is 11.4. The topological polar surface area (TPSA) is 86.5 Å². The van der Waals surface area contributed by atoms with E-state index in [-0.39, 0.29) is 5.69 Å². The molecular weight excluding hydrogens is 222 g/mol. The lowest BCUT2D eigenvalue weighted by Gasteiger charge is -2.44. The third-order valence-corrected chi connectivity index (χ3v) is 2.94. The molecule has 0 amide bonds. The van der Waals surface area contributed by atoms with E-state index in [0.29, 0.717) is 24.6 Å². The molecule has 2 N–H and O–H groups in total. The van der Waals surface area contributed by atoms with E-state index >= 15 is 0 Å². The van der Waals surface area contributed by atoms with Gasteiger partial charge in [0.1, 0.15) is 11.6 Å². The Morgan fingerprint density at radius 3 is 2.88 bits per heavy atom. The lowest BCUT2D eigenvalue weighted by Crippen LogP contribution is -2.60. The summed E-state index contributed by atoms with van der Waals surface area (Å²) in [7, 11) is 0. The van der Waals surface area contributed by atoms with Crippen molar-refractivity contribution < 1.29 is 5.11 Å². The molecule has 1 fully saturated rings. The molecule has 0 aromatic carbocycles. The van der Waals surface area contributed by atoms with Gasteiger partial charge in [0.2, 0.25) is 0 Å². The Morgan fingerprint density at radius 1 is 1.53 bits per heavy atom. The van der Waals surface area contributed by atoms with Crippen molar-refractivity contribution in [1.82, 2.24) is 19.6 Å². The van der Waals surface area contributed by atoms with Crippen LogP contribution in [0.1, 0.15) is 12.7 Å². The quantitative estimate of drug-likeness (QED) is 0.682. The van der Waals surface area contributed by atoms with Gasteiger partial charge >= 0.3 is 5.69 Å². The van der Waals surface area contributed by atoms with E-state index < -0.39 is 5.60 Å². The maximum Gasteiger partial charge on any atom is 0.349 e. The minimum absolute atomic E-state index is 0.285. The molecule has 0 spiro atoms. The number of fused-ring (bicyclic) bond motifs is 1. The van der Waals surface area contributed by atoms with E-state index in [0.717, 1.165) is 5.82 Å². The average Bonchev–Trinajstić information content (AvgIpc) is 2.57. The van der Waals surface area contributed by atoms with E-state index in [1.165, 1.54) is 4.40 Å². The summed E-state index contributed by atoms with van der Waals surface area (Å²) in [5.74, 6) is 1.32. The van der Waals surface area contributed by atoms with Crippen LogP contribution >= 0.6 is 0 Å². The predicted octanol–water partition coefficient (Wildman–Crippen LogP) is -0.703. The third kappa shape index (κ3) is 1.50. The van der Waals surface area contributed by atoms with Crippen LogP contribution in [0.3, 0.4) is 0 Å². The van der Waals surface area contributed by atoms with E-state index in [9.17, 15) is 9.90 Å². The van der Waals surface area contributed by atoms with E-state index in [4.69, 9.17) is 0 Å². The zero-order valence-corrected chi connectivity index (χ0v) is 9.64. The molecule has 0 bridgehead atoms. The van der Waals surface area contributed by atoms with Crippen molar-refractivity contribution >= 4 is 11.5 Å². The van der Waals surface area contributed by atoms with Gasteiger partial charge in [-0.15, -0.1) is 0 Å². The van der Waals surface area contributed by atoms with Gasteiger partial charge in [0, 0.05) is 19.2 Å². The second kappa shape index (κ2) is 3.07. The summed E-state index contributed by atoms with van der Waals surface area (Å²) in [5.41, 5.74) is -0.386. The molecule has 7 nitrogen and oxygen atoms in total. The van der Waals surface area contributed by atoms with Gasteiger partial charge in [-0.2, -0.15) is 5.10 Å². The van der Waals surface area contributed by atoms with Crippen molar-refractivity contribution in [2.45, 2.75) is 19.4 Å². The number of anilines is 1. The number of β-amino-alcohol motifs (C(OH)–C–C–N with tert-alkyl or cyclic N) is 1. The van der Waals surface area contributed by atoms with Crippen LogP contribution < -0.4 is 10.6 Å². The molecule has 17 heavy (non-hydrogen) atoms. The molecule has 0 atom stereocenters. The van der Waals surface area contributed by atoms with Gasteiger partial charge in [0.05, 0.1) is 5.60 Å². The molecule has 2 aromatic rings. The number of aromatic amines is 1. The third-order valence-electron chi connectivity index (χ3n) is 2.94. The van der Waals surface area contributed by atoms with Crippen LogP contribution in [0.15, 0.2) is 10.9 Å². The number of aryl methyl sites for hydroxylation is 1. The fourth-order valence-corrected chi connectivity index (χ4v) is 2.18. The van der Waals surface area contributed by atoms with Crippen LogP contribution in [0.25, 0.3) is 5.65 Å². The smallest absolute Gasteiger partial charge is 0.349 e. The van der Waals surface area contributed by atoms with Crippen LogP contribution in [0.5, 0.6) is 0 Å².